The van der Waals surface area contributed by atoms with E-state index in [-0.39, 0.29) is 11.3 Å². The molecule has 0 saturated heterocycles. The standard InChI is InChI=1S/C11H22N2O4/c1-7(11(2,3)4)5-12-10(17)13-8(6-14)9(15)16/h7-8,14H,5-6H2,1-4H3,(H,15,16)(H2,12,13,17)/t7?,8-/m0/s1. The first-order valence-corrected chi connectivity index (χ1v) is 5.56. The summed E-state index contributed by atoms with van der Waals surface area (Å²) in [5, 5.41) is 22.1. The van der Waals surface area contributed by atoms with E-state index >= 15 is 0 Å². The lowest BCUT2D eigenvalue weighted by molar-refractivity contribution is -0.140. The van der Waals surface area contributed by atoms with Gasteiger partial charge in [0.05, 0.1) is 6.61 Å². The highest BCUT2D eigenvalue weighted by Crippen LogP contribution is 2.24. The zero-order valence-corrected chi connectivity index (χ0v) is 10.8. The molecule has 0 saturated carbocycles. The second kappa shape index (κ2) is 6.44. The lowest BCUT2D eigenvalue weighted by atomic mass is 9.82. The van der Waals surface area contributed by atoms with Crippen LogP contribution in [0.15, 0.2) is 0 Å². The van der Waals surface area contributed by atoms with Gasteiger partial charge >= 0.3 is 12.0 Å². The third kappa shape index (κ3) is 6.11. The molecule has 0 spiro atoms. The number of carboxylic acid groups (broad SMARTS) is 1. The molecule has 0 aliphatic heterocycles. The quantitative estimate of drug-likeness (QED) is 0.564. The maximum Gasteiger partial charge on any atom is 0.328 e. The number of rotatable bonds is 5. The predicted molar refractivity (Wildman–Crippen MR) is 63.7 cm³/mol. The molecule has 0 aromatic carbocycles. The second-order valence-corrected chi connectivity index (χ2v) is 5.19. The van der Waals surface area contributed by atoms with Crippen molar-refractivity contribution in [2.24, 2.45) is 11.3 Å². The summed E-state index contributed by atoms with van der Waals surface area (Å²) < 4.78 is 0. The van der Waals surface area contributed by atoms with Crippen molar-refractivity contribution >= 4 is 12.0 Å². The Morgan fingerprint density at radius 1 is 1.29 bits per heavy atom. The van der Waals surface area contributed by atoms with Gasteiger partial charge in [-0.1, -0.05) is 27.7 Å². The van der Waals surface area contributed by atoms with Crippen LogP contribution in [-0.2, 0) is 4.79 Å². The van der Waals surface area contributed by atoms with Gasteiger partial charge in [0.25, 0.3) is 0 Å². The molecule has 6 nitrogen and oxygen atoms in total. The molecule has 2 amide bonds. The van der Waals surface area contributed by atoms with Crippen LogP contribution in [0, 0.1) is 11.3 Å². The van der Waals surface area contributed by atoms with Crippen molar-refractivity contribution in [3.05, 3.63) is 0 Å². The Bertz CT molecular complexity index is 273. The molecule has 1 unspecified atom stereocenters. The molecule has 0 heterocycles. The number of hydrogen-bond donors (Lipinski definition) is 4. The van der Waals surface area contributed by atoms with E-state index in [0.717, 1.165) is 0 Å². The Morgan fingerprint density at radius 2 is 1.82 bits per heavy atom. The summed E-state index contributed by atoms with van der Waals surface area (Å²) in [6.07, 6.45) is 0. The molecule has 100 valence electrons. The van der Waals surface area contributed by atoms with Gasteiger partial charge in [-0.3, -0.25) is 0 Å². The number of aliphatic hydroxyl groups is 1. The van der Waals surface area contributed by atoms with Crippen LogP contribution in [0.1, 0.15) is 27.7 Å². The molecule has 0 rings (SSSR count). The highest BCUT2D eigenvalue weighted by Gasteiger charge is 2.22. The highest BCUT2D eigenvalue weighted by molar-refractivity contribution is 5.82. The van der Waals surface area contributed by atoms with Crippen LogP contribution in [-0.4, -0.2) is 41.4 Å². The summed E-state index contributed by atoms with van der Waals surface area (Å²) in [6.45, 7) is 8.01. The van der Waals surface area contributed by atoms with E-state index in [1.54, 1.807) is 0 Å². The third-order valence-corrected chi connectivity index (χ3v) is 2.83. The van der Waals surface area contributed by atoms with E-state index in [1.165, 1.54) is 0 Å². The molecular formula is C11H22N2O4. The Morgan fingerprint density at radius 3 is 2.18 bits per heavy atom. The van der Waals surface area contributed by atoms with Crippen LogP contribution >= 0.6 is 0 Å². The molecule has 0 aliphatic carbocycles. The van der Waals surface area contributed by atoms with Crippen molar-refractivity contribution in [3.63, 3.8) is 0 Å². The monoisotopic (exact) mass is 246 g/mol. The van der Waals surface area contributed by atoms with Gasteiger partial charge in [0.2, 0.25) is 0 Å². The number of carbonyl (C=O) groups excluding carboxylic acids is 1. The van der Waals surface area contributed by atoms with Crippen molar-refractivity contribution < 1.29 is 19.8 Å². The van der Waals surface area contributed by atoms with Crippen molar-refractivity contribution in [1.29, 1.82) is 0 Å². The van der Waals surface area contributed by atoms with Gasteiger partial charge in [0.1, 0.15) is 0 Å². The van der Waals surface area contributed by atoms with E-state index in [1.807, 2.05) is 6.92 Å². The van der Waals surface area contributed by atoms with E-state index in [4.69, 9.17) is 10.2 Å². The van der Waals surface area contributed by atoms with Crippen molar-refractivity contribution in [3.8, 4) is 0 Å². The predicted octanol–water partition coefficient (Wildman–Crippen LogP) is 0.413. The Hall–Kier alpha value is -1.30. The van der Waals surface area contributed by atoms with Gasteiger partial charge in [-0.2, -0.15) is 0 Å². The largest absolute Gasteiger partial charge is 0.480 e. The van der Waals surface area contributed by atoms with Crippen LogP contribution < -0.4 is 10.6 Å². The minimum Gasteiger partial charge on any atom is -0.480 e. The van der Waals surface area contributed by atoms with E-state index in [9.17, 15) is 9.59 Å². The molecule has 0 bridgehead atoms. The average molecular weight is 246 g/mol. The number of nitrogens with one attached hydrogen (secondary N) is 2. The summed E-state index contributed by atoms with van der Waals surface area (Å²) in [6, 6.07) is -1.84. The number of carboxylic acids is 1. The number of aliphatic hydroxyl groups excluding tert-OH is 1. The third-order valence-electron chi connectivity index (χ3n) is 2.83. The summed E-state index contributed by atoms with van der Waals surface area (Å²) in [4.78, 5) is 21.9. The maximum atomic E-state index is 11.4. The molecule has 0 fully saturated rings. The smallest absolute Gasteiger partial charge is 0.328 e. The minimum absolute atomic E-state index is 0.0659. The lowest BCUT2D eigenvalue weighted by Gasteiger charge is -2.27. The van der Waals surface area contributed by atoms with Crippen LogP contribution in [0.4, 0.5) is 4.79 Å². The number of carbonyl (C=O) groups is 2. The summed E-state index contributed by atoms with van der Waals surface area (Å²) in [7, 11) is 0. The van der Waals surface area contributed by atoms with Crippen molar-refractivity contribution in [1.82, 2.24) is 10.6 Å². The van der Waals surface area contributed by atoms with Crippen LogP contribution in [0.3, 0.4) is 0 Å². The summed E-state index contributed by atoms with van der Waals surface area (Å²) >= 11 is 0. The normalized spacial score (nSPS) is 14.9. The molecule has 0 radical (unpaired) electrons. The molecule has 0 aromatic rings. The fraction of sp³-hybridized carbons (Fsp3) is 0.818. The topological polar surface area (TPSA) is 98.7 Å². The zero-order valence-electron chi connectivity index (χ0n) is 10.8. The number of aliphatic carboxylic acids is 1. The molecule has 0 aliphatic rings. The summed E-state index contributed by atoms with van der Waals surface area (Å²) in [5.74, 6) is -1.00. The summed E-state index contributed by atoms with van der Waals surface area (Å²) in [5.41, 5.74) is 0.0659. The molecule has 17 heavy (non-hydrogen) atoms. The Balaban J connectivity index is 4.07. The van der Waals surface area contributed by atoms with E-state index in [2.05, 4.69) is 31.4 Å². The molecule has 0 aromatic heterocycles. The molecular weight excluding hydrogens is 224 g/mol. The molecule has 6 heteroatoms. The van der Waals surface area contributed by atoms with Crippen LogP contribution in [0.25, 0.3) is 0 Å². The Kier molecular flexibility index (Phi) is 5.95. The van der Waals surface area contributed by atoms with Crippen LogP contribution in [0.5, 0.6) is 0 Å². The minimum atomic E-state index is -1.26. The Labute approximate surface area is 101 Å². The highest BCUT2D eigenvalue weighted by atomic mass is 16.4. The lowest BCUT2D eigenvalue weighted by Crippen LogP contribution is -2.49. The van der Waals surface area contributed by atoms with Gasteiger partial charge < -0.3 is 20.8 Å². The maximum absolute atomic E-state index is 11.4. The first-order valence-electron chi connectivity index (χ1n) is 5.56. The number of hydrogen-bond acceptors (Lipinski definition) is 3. The van der Waals surface area contributed by atoms with Gasteiger partial charge in [-0.25, -0.2) is 9.59 Å². The van der Waals surface area contributed by atoms with Crippen molar-refractivity contribution in [2.75, 3.05) is 13.2 Å². The van der Waals surface area contributed by atoms with Crippen molar-refractivity contribution in [2.45, 2.75) is 33.7 Å². The SMILES string of the molecule is CC(CNC(=O)N[C@@H](CO)C(=O)O)C(C)(C)C. The van der Waals surface area contributed by atoms with Crippen LogP contribution in [0.2, 0.25) is 0 Å². The first kappa shape index (κ1) is 15.7. The first-order chi connectivity index (χ1) is 7.68. The molecule has 2 atom stereocenters. The van der Waals surface area contributed by atoms with E-state index in [0.29, 0.717) is 6.54 Å². The van der Waals surface area contributed by atoms with Gasteiger partial charge in [0.15, 0.2) is 6.04 Å². The molecule has 4 N–H and O–H groups in total. The van der Waals surface area contributed by atoms with Gasteiger partial charge in [-0.05, 0) is 11.3 Å². The fourth-order valence-electron chi connectivity index (χ4n) is 0.947. The number of urea groups is 1. The average Bonchev–Trinajstić information content (AvgIpc) is 2.20. The fourth-order valence-corrected chi connectivity index (χ4v) is 0.947. The zero-order chi connectivity index (χ0) is 13.6. The van der Waals surface area contributed by atoms with E-state index < -0.39 is 24.6 Å². The number of amides is 2. The van der Waals surface area contributed by atoms with Gasteiger partial charge in [0, 0.05) is 6.54 Å². The second-order valence-electron chi connectivity index (χ2n) is 5.19. The van der Waals surface area contributed by atoms with Gasteiger partial charge in [-0.15, -0.1) is 0 Å².